The number of esters is 1. The Hall–Kier alpha value is -3.06. The van der Waals surface area contributed by atoms with E-state index in [-0.39, 0.29) is 11.5 Å². The first kappa shape index (κ1) is 18.3. The van der Waals surface area contributed by atoms with Gasteiger partial charge in [0, 0.05) is 13.8 Å². The number of hydrogen-bond donors (Lipinski definition) is 2. The maximum Gasteiger partial charge on any atom is 0.390 e. The van der Waals surface area contributed by atoms with Crippen molar-refractivity contribution >= 4 is 11.9 Å². The molecule has 0 aliphatic heterocycles. The number of rotatable bonds is 7. The van der Waals surface area contributed by atoms with Gasteiger partial charge in [0.25, 0.3) is 0 Å². The highest BCUT2D eigenvalue weighted by Crippen LogP contribution is 2.24. The Balaban J connectivity index is 2.15. The van der Waals surface area contributed by atoms with Crippen LogP contribution in [0.1, 0.15) is 13.8 Å². The molecule has 0 radical (unpaired) electrons. The number of ether oxygens (including phenoxy) is 3. The SMILES string of the molecule is CC(O)(Oc1ccccc1)C(=O)OC(C)(Oc1ccccc1)C(=O)O. The zero-order valence-corrected chi connectivity index (χ0v) is 13.7. The molecule has 2 atom stereocenters. The van der Waals surface area contributed by atoms with E-state index in [1.165, 1.54) is 24.3 Å². The number of carbonyl (C=O) groups is 2. The third-order valence-corrected chi connectivity index (χ3v) is 3.17. The van der Waals surface area contributed by atoms with Crippen LogP contribution in [0.3, 0.4) is 0 Å². The molecule has 2 aromatic carbocycles. The topological polar surface area (TPSA) is 102 Å². The summed E-state index contributed by atoms with van der Waals surface area (Å²) < 4.78 is 15.3. The van der Waals surface area contributed by atoms with Crippen LogP contribution >= 0.6 is 0 Å². The van der Waals surface area contributed by atoms with Crippen LogP contribution in [-0.4, -0.2) is 33.7 Å². The van der Waals surface area contributed by atoms with Crippen molar-refractivity contribution in [2.45, 2.75) is 25.4 Å². The molecule has 2 unspecified atom stereocenters. The fourth-order valence-electron chi connectivity index (χ4n) is 1.85. The fraction of sp³-hybridized carbons (Fsp3) is 0.222. The minimum absolute atomic E-state index is 0.184. The van der Waals surface area contributed by atoms with Crippen LogP contribution in [0, 0.1) is 0 Å². The normalized spacial score (nSPS) is 15.3. The summed E-state index contributed by atoms with van der Waals surface area (Å²) in [7, 11) is 0. The number of hydrogen-bond acceptors (Lipinski definition) is 6. The largest absolute Gasteiger partial charge is 0.475 e. The number of carboxylic acids is 1. The zero-order valence-electron chi connectivity index (χ0n) is 13.7. The maximum atomic E-state index is 12.2. The first-order valence-corrected chi connectivity index (χ1v) is 7.40. The van der Waals surface area contributed by atoms with E-state index in [1.54, 1.807) is 36.4 Å². The van der Waals surface area contributed by atoms with Crippen molar-refractivity contribution in [2.24, 2.45) is 0 Å². The Morgan fingerprint density at radius 1 is 0.840 bits per heavy atom. The van der Waals surface area contributed by atoms with E-state index in [1.807, 2.05) is 0 Å². The van der Waals surface area contributed by atoms with Gasteiger partial charge >= 0.3 is 23.5 Å². The van der Waals surface area contributed by atoms with Gasteiger partial charge in [-0.2, -0.15) is 0 Å². The second kappa shape index (κ2) is 7.23. The van der Waals surface area contributed by atoms with Crippen LogP contribution in [0.5, 0.6) is 11.5 Å². The predicted octanol–water partition coefficient (Wildman–Crippen LogP) is 2.20. The van der Waals surface area contributed by atoms with E-state index in [2.05, 4.69) is 0 Å². The number of para-hydroxylation sites is 2. The van der Waals surface area contributed by atoms with Gasteiger partial charge < -0.3 is 24.4 Å². The van der Waals surface area contributed by atoms with Crippen molar-refractivity contribution in [3.05, 3.63) is 60.7 Å². The van der Waals surface area contributed by atoms with Crippen LogP contribution in [0.25, 0.3) is 0 Å². The maximum absolute atomic E-state index is 12.2. The lowest BCUT2D eigenvalue weighted by atomic mass is 10.2. The smallest absolute Gasteiger partial charge is 0.390 e. The summed E-state index contributed by atoms with van der Waals surface area (Å²) in [5.41, 5.74) is 0. The van der Waals surface area contributed by atoms with Crippen molar-refractivity contribution in [1.29, 1.82) is 0 Å². The van der Waals surface area contributed by atoms with Crippen molar-refractivity contribution in [2.75, 3.05) is 0 Å². The molecule has 0 spiro atoms. The lowest BCUT2D eigenvalue weighted by Gasteiger charge is -2.30. The predicted molar refractivity (Wildman–Crippen MR) is 86.9 cm³/mol. The number of carbonyl (C=O) groups excluding carboxylic acids is 1. The Bertz CT molecular complexity index is 728. The number of carboxylic acid groups (broad SMARTS) is 1. The summed E-state index contributed by atoms with van der Waals surface area (Å²) in [5.74, 6) is -7.20. The van der Waals surface area contributed by atoms with E-state index in [4.69, 9.17) is 14.2 Å². The highest BCUT2D eigenvalue weighted by Gasteiger charge is 2.46. The van der Waals surface area contributed by atoms with Crippen molar-refractivity contribution < 1.29 is 34.0 Å². The van der Waals surface area contributed by atoms with Gasteiger partial charge in [0.2, 0.25) is 0 Å². The van der Waals surface area contributed by atoms with E-state index >= 15 is 0 Å². The molecule has 2 rings (SSSR count). The first-order chi connectivity index (χ1) is 11.7. The van der Waals surface area contributed by atoms with Gasteiger partial charge in [-0.1, -0.05) is 36.4 Å². The molecule has 7 nitrogen and oxygen atoms in total. The van der Waals surface area contributed by atoms with Gasteiger partial charge in [-0.25, -0.2) is 9.59 Å². The summed E-state index contributed by atoms with van der Waals surface area (Å²) in [6.45, 7) is 2.10. The third kappa shape index (κ3) is 4.71. The molecule has 0 saturated carbocycles. The van der Waals surface area contributed by atoms with Gasteiger partial charge in [-0.15, -0.1) is 0 Å². The van der Waals surface area contributed by atoms with E-state index in [0.29, 0.717) is 0 Å². The molecule has 0 fully saturated rings. The molecule has 2 aromatic rings. The third-order valence-electron chi connectivity index (χ3n) is 3.17. The molecule has 0 heterocycles. The Morgan fingerprint density at radius 2 is 1.28 bits per heavy atom. The molecule has 0 aromatic heterocycles. The van der Waals surface area contributed by atoms with Crippen molar-refractivity contribution in [3.63, 3.8) is 0 Å². The molecule has 25 heavy (non-hydrogen) atoms. The van der Waals surface area contributed by atoms with E-state index < -0.39 is 23.5 Å². The fourth-order valence-corrected chi connectivity index (χ4v) is 1.85. The number of aliphatic hydroxyl groups is 1. The van der Waals surface area contributed by atoms with Crippen LogP contribution in [0.2, 0.25) is 0 Å². The van der Waals surface area contributed by atoms with Gasteiger partial charge in [0.05, 0.1) is 0 Å². The lowest BCUT2D eigenvalue weighted by molar-refractivity contribution is -0.236. The molecule has 2 N–H and O–H groups in total. The quantitative estimate of drug-likeness (QED) is 0.585. The molecule has 0 amide bonds. The van der Waals surface area contributed by atoms with Gasteiger partial charge in [0.1, 0.15) is 11.5 Å². The minimum Gasteiger partial charge on any atom is -0.475 e. The molecule has 0 bridgehead atoms. The summed E-state index contributed by atoms with van der Waals surface area (Å²) in [5, 5.41) is 19.6. The van der Waals surface area contributed by atoms with Crippen LogP contribution < -0.4 is 9.47 Å². The second-order valence-corrected chi connectivity index (χ2v) is 5.45. The molecule has 7 heteroatoms. The summed E-state index contributed by atoms with van der Waals surface area (Å²) in [6, 6.07) is 16.1. The van der Waals surface area contributed by atoms with Gasteiger partial charge in [-0.3, -0.25) is 0 Å². The molecular weight excluding hydrogens is 328 g/mol. The summed E-state index contributed by atoms with van der Waals surface area (Å²) >= 11 is 0. The Kier molecular flexibility index (Phi) is 5.29. The van der Waals surface area contributed by atoms with Gasteiger partial charge in [0.15, 0.2) is 0 Å². The van der Waals surface area contributed by atoms with E-state index in [0.717, 1.165) is 13.8 Å². The zero-order chi connectivity index (χ0) is 18.5. The Labute approximate surface area is 144 Å². The van der Waals surface area contributed by atoms with Crippen molar-refractivity contribution in [1.82, 2.24) is 0 Å². The lowest BCUT2D eigenvalue weighted by Crippen LogP contribution is -2.52. The first-order valence-electron chi connectivity index (χ1n) is 7.40. The minimum atomic E-state index is -2.40. The summed E-state index contributed by atoms with van der Waals surface area (Å²) in [4.78, 5) is 23.8. The second-order valence-electron chi connectivity index (χ2n) is 5.45. The average Bonchev–Trinajstić information content (AvgIpc) is 2.56. The standard InChI is InChI=1S/C18H18O7/c1-17(22,23-13-9-5-3-6-10-13)16(21)25-18(2,15(19)20)24-14-11-7-4-8-12-14/h3-12,22H,1-2H3,(H,19,20). The van der Waals surface area contributed by atoms with Crippen molar-refractivity contribution in [3.8, 4) is 11.5 Å². The molecule has 0 aliphatic carbocycles. The van der Waals surface area contributed by atoms with Gasteiger partial charge in [-0.05, 0) is 24.3 Å². The van der Waals surface area contributed by atoms with Crippen LogP contribution in [0.15, 0.2) is 60.7 Å². The van der Waals surface area contributed by atoms with E-state index in [9.17, 15) is 19.8 Å². The molecule has 0 saturated heterocycles. The summed E-state index contributed by atoms with van der Waals surface area (Å²) in [6.07, 6.45) is 0. The molecular formula is C18H18O7. The van der Waals surface area contributed by atoms with Crippen LogP contribution in [-0.2, 0) is 14.3 Å². The van der Waals surface area contributed by atoms with Crippen LogP contribution in [0.4, 0.5) is 0 Å². The molecule has 0 aliphatic rings. The average molecular weight is 346 g/mol. The monoisotopic (exact) mass is 346 g/mol. The Morgan fingerprint density at radius 3 is 1.72 bits per heavy atom. The highest BCUT2D eigenvalue weighted by molar-refractivity contribution is 5.83. The molecule has 132 valence electrons. The highest BCUT2D eigenvalue weighted by atomic mass is 16.8. The number of aliphatic carboxylic acids is 1. The number of benzene rings is 2.